The number of likely N-dealkylation sites (tertiary alicyclic amines) is 1. The Morgan fingerprint density at radius 3 is 2.73 bits per heavy atom. The molecule has 4 nitrogen and oxygen atoms in total. The number of carbonyl (C=O) groups is 1. The van der Waals surface area contributed by atoms with Crippen LogP contribution in [0.1, 0.15) is 31.4 Å². The lowest BCUT2D eigenvalue weighted by Crippen LogP contribution is -2.54. The van der Waals surface area contributed by atoms with Gasteiger partial charge >= 0.3 is 0 Å². The molecule has 5 heteroatoms. The Morgan fingerprint density at radius 1 is 1.41 bits per heavy atom. The molecule has 1 atom stereocenters. The van der Waals surface area contributed by atoms with Crippen LogP contribution in [0.5, 0.6) is 0 Å². The summed E-state index contributed by atoms with van der Waals surface area (Å²) in [4.78, 5) is 14.3. The lowest BCUT2D eigenvalue weighted by atomic mass is 9.80. The van der Waals surface area contributed by atoms with Crippen molar-refractivity contribution < 1.29 is 4.79 Å². The van der Waals surface area contributed by atoms with Crippen LogP contribution >= 0.6 is 12.4 Å². The average Bonchev–Trinajstić information content (AvgIpc) is 2.42. The van der Waals surface area contributed by atoms with E-state index in [1.54, 1.807) is 0 Å². The topological polar surface area (TPSA) is 58.4 Å². The number of halogens is 1. The Bertz CT molecular complexity index is 504. The third-order valence-corrected chi connectivity index (χ3v) is 4.50. The van der Waals surface area contributed by atoms with Crippen molar-refractivity contribution >= 4 is 18.3 Å². The average molecular weight is 326 g/mol. The van der Waals surface area contributed by atoms with E-state index in [9.17, 15) is 4.79 Å². The number of nitrogens with zero attached hydrogens (tertiary/aromatic N) is 1. The number of nitrogens with one attached hydrogen (secondary N) is 1. The number of aryl methyl sites for hydroxylation is 1. The van der Waals surface area contributed by atoms with Crippen LogP contribution in [-0.2, 0) is 11.3 Å². The van der Waals surface area contributed by atoms with E-state index in [0.29, 0.717) is 13.1 Å². The second kappa shape index (κ2) is 7.95. The molecule has 0 spiro atoms. The molecule has 22 heavy (non-hydrogen) atoms. The first-order valence-corrected chi connectivity index (χ1v) is 7.67. The van der Waals surface area contributed by atoms with E-state index in [0.717, 1.165) is 19.5 Å². The molecule has 0 radical (unpaired) electrons. The molecular weight excluding hydrogens is 298 g/mol. The SMILES string of the molecule is Cc1ccccc1CNC(=O)CN1CCC(N)C(C)(C)C1.Cl. The predicted octanol–water partition coefficient (Wildman–Crippen LogP) is 2.09. The van der Waals surface area contributed by atoms with Crippen molar-refractivity contribution in [3.05, 3.63) is 35.4 Å². The minimum Gasteiger partial charge on any atom is -0.351 e. The van der Waals surface area contributed by atoms with Gasteiger partial charge in [-0.05, 0) is 29.9 Å². The van der Waals surface area contributed by atoms with Crippen LogP contribution < -0.4 is 11.1 Å². The molecule has 1 aliphatic rings. The molecule has 124 valence electrons. The van der Waals surface area contributed by atoms with E-state index < -0.39 is 0 Å². The molecule has 1 heterocycles. The fraction of sp³-hybridized carbons (Fsp3) is 0.588. The molecule has 0 bridgehead atoms. The Balaban J connectivity index is 0.00000242. The van der Waals surface area contributed by atoms with Gasteiger partial charge in [-0.15, -0.1) is 12.4 Å². The zero-order valence-electron chi connectivity index (χ0n) is 13.8. The molecule has 0 aromatic heterocycles. The largest absolute Gasteiger partial charge is 0.351 e. The highest BCUT2D eigenvalue weighted by Crippen LogP contribution is 2.27. The summed E-state index contributed by atoms with van der Waals surface area (Å²) in [6, 6.07) is 8.36. The lowest BCUT2D eigenvalue weighted by Gasteiger charge is -2.42. The fourth-order valence-electron chi connectivity index (χ4n) is 2.88. The van der Waals surface area contributed by atoms with Crippen LogP contribution in [0.15, 0.2) is 24.3 Å². The van der Waals surface area contributed by atoms with E-state index in [1.165, 1.54) is 11.1 Å². The van der Waals surface area contributed by atoms with Crippen LogP contribution in [0.4, 0.5) is 0 Å². The molecule has 3 N–H and O–H groups in total. The van der Waals surface area contributed by atoms with Crippen molar-refractivity contribution in [1.29, 1.82) is 0 Å². The summed E-state index contributed by atoms with van der Waals surface area (Å²) in [5.41, 5.74) is 8.59. The van der Waals surface area contributed by atoms with Gasteiger partial charge in [0.15, 0.2) is 0 Å². The van der Waals surface area contributed by atoms with E-state index in [-0.39, 0.29) is 29.8 Å². The van der Waals surface area contributed by atoms with Crippen LogP contribution in [0.3, 0.4) is 0 Å². The summed E-state index contributed by atoms with van der Waals surface area (Å²) in [5, 5.41) is 3.01. The smallest absolute Gasteiger partial charge is 0.234 e. The number of hydrogen-bond donors (Lipinski definition) is 2. The summed E-state index contributed by atoms with van der Waals surface area (Å²) >= 11 is 0. The van der Waals surface area contributed by atoms with Crippen LogP contribution in [0.2, 0.25) is 0 Å². The maximum Gasteiger partial charge on any atom is 0.234 e. The van der Waals surface area contributed by atoms with Crippen molar-refractivity contribution in [2.75, 3.05) is 19.6 Å². The molecule has 1 amide bonds. The summed E-state index contributed by atoms with van der Waals surface area (Å²) in [6.07, 6.45) is 0.956. The quantitative estimate of drug-likeness (QED) is 0.891. The summed E-state index contributed by atoms with van der Waals surface area (Å²) in [5.74, 6) is 0.0875. The number of amides is 1. The van der Waals surface area contributed by atoms with Crippen molar-refractivity contribution in [1.82, 2.24) is 10.2 Å². The second-order valence-corrected chi connectivity index (χ2v) is 6.80. The summed E-state index contributed by atoms with van der Waals surface area (Å²) < 4.78 is 0. The number of carbonyl (C=O) groups excluding carboxylic acids is 1. The molecule has 0 saturated carbocycles. The second-order valence-electron chi connectivity index (χ2n) is 6.80. The zero-order valence-corrected chi connectivity index (χ0v) is 14.6. The van der Waals surface area contributed by atoms with E-state index in [2.05, 4.69) is 43.1 Å². The number of rotatable bonds is 4. The van der Waals surface area contributed by atoms with Crippen molar-refractivity contribution in [3.63, 3.8) is 0 Å². The van der Waals surface area contributed by atoms with Crippen molar-refractivity contribution in [2.45, 2.75) is 39.8 Å². The van der Waals surface area contributed by atoms with E-state index in [4.69, 9.17) is 5.73 Å². The molecular formula is C17H28ClN3O. The van der Waals surface area contributed by atoms with Gasteiger partial charge in [-0.25, -0.2) is 0 Å². The van der Waals surface area contributed by atoms with Crippen LogP contribution in [0, 0.1) is 12.3 Å². The molecule has 1 unspecified atom stereocenters. The van der Waals surface area contributed by atoms with Gasteiger partial charge in [0.2, 0.25) is 5.91 Å². The minimum atomic E-state index is 0. The minimum absolute atomic E-state index is 0. The monoisotopic (exact) mass is 325 g/mol. The Hall–Kier alpha value is -1.10. The fourth-order valence-corrected chi connectivity index (χ4v) is 2.88. The Morgan fingerprint density at radius 2 is 2.09 bits per heavy atom. The first kappa shape index (κ1) is 18.9. The number of nitrogens with two attached hydrogens (primary N) is 1. The molecule has 2 rings (SSSR count). The van der Waals surface area contributed by atoms with E-state index in [1.807, 2.05) is 12.1 Å². The highest BCUT2D eigenvalue weighted by Gasteiger charge is 2.33. The first-order chi connectivity index (χ1) is 9.88. The van der Waals surface area contributed by atoms with Gasteiger partial charge < -0.3 is 11.1 Å². The highest BCUT2D eigenvalue weighted by atomic mass is 35.5. The van der Waals surface area contributed by atoms with Crippen LogP contribution in [0.25, 0.3) is 0 Å². The van der Waals surface area contributed by atoms with Gasteiger partial charge in [0, 0.05) is 25.7 Å². The van der Waals surface area contributed by atoms with Gasteiger partial charge in [0.25, 0.3) is 0 Å². The summed E-state index contributed by atoms with van der Waals surface area (Å²) in [7, 11) is 0. The number of benzene rings is 1. The van der Waals surface area contributed by atoms with Crippen LogP contribution in [-0.4, -0.2) is 36.5 Å². The normalized spacial score (nSPS) is 21.0. The standard InChI is InChI=1S/C17H27N3O.ClH/c1-13-6-4-5-7-14(13)10-19-16(21)11-20-9-8-15(18)17(2,3)12-20;/h4-7,15H,8-12,18H2,1-3H3,(H,19,21);1H. The Labute approximate surface area is 139 Å². The lowest BCUT2D eigenvalue weighted by molar-refractivity contribution is -0.123. The van der Waals surface area contributed by atoms with E-state index >= 15 is 0 Å². The predicted molar refractivity (Wildman–Crippen MR) is 93.1 cm³/mol. The summed E-state index contributed by atoms with van der Waals surface area (Å²) in [6.45, 7) is 9.26. The highest BCUT2D eigenvalue weighted by molar-refractivity contribution is 5.85. The van der Waals surface area contributed by atoms with Gasteiger partial charge in [-0.3, -0.25) is 9.69 Å². The molecule has 1 aromatic carbocycles. The first-order valence-electron chi connectivity index (χ1n) is 7.67. The third-order valence-electron chi connectivity index (χ3n) is 4.50. The number of hydrogen-bond acceptors (Lipinski definition) is 3. The van der Waals surface area contributed by atoms with Crippen molar-refractivity contribution in [2.24, 2.45) is 11.1 Å². The maximum absolute atomic E-state index is 12.1. The molecule has 0 aliphatic carbocycles. The van der Waals surface area contributed by atoms with Gasteiger partial charge in [0.05, 0.1) is 6.54 Å². The molecule has 1 aliphatic heterocycles. The van der Waals surface area contributed by atoms with Gasteiger partial charge in [-0.2, -0.15) is 0 Å². The molecule has 1 aromatic rings. The number of piperidine rings is 1. The Kier molecular flexibility index (Phi) is 6.85. The zero-order chi connectivity index (χ0) is 15.5. The van der Waals surface area contributed by atoms with Gasteiger partial charge in [0.1, 0.15) is 0 Å². The van der Waals surface area contributed by atoms with Crippen molar-refractivity contribution in [3.8, 4) is 0 Å². The molecule has 1 fully saturated rings. The van der Waals surface area contributed by atoms with Gasteiger partial charge in [-0.1, -0.05) is 38.1 Å². The molecule has 1 saturated heterocycles. The maximum atomic E-state index is 12.1. The third kappa shape index (κ3) is 4.97.